The molecule has 3 N–H and O–H groups in total. The summed E-state index contributed by atoms with van der Waals surface area (Å²) in [6, 6.07) is 13.1. The molecule has 0 aliphatic carbocycles. The van der Waals surface area contributed by atoms with E-state index in [1.165, 1.54) is 12.3 Å². The lowest BCUT2D eigenvalue weighted by Crippen LogP contribution is -2.47. The monoisotopic (exact) mass is 394 g/mol. The van der Waals surface area contributed by atoms with Gasteiger partial charge in [-0.15, -0.1) is 5.10 Å². The minimum atomic E-state index is -1.01. The Morgan fingerprint density at radius 3 is 2.62 bits per heavy atom. The van der Waals surface area contributed by atoms with Crippen molar-refractivity contribution in [1.29, 1.82) is 0 Å². The van der Waals surface area contributed by atoms with Crippen molar-refractivity contribution in [2.75, 3.05) is 0 Å². The number of carbonyl (C=O) groups excluding carboxylic acids is 3. The highest BCUT2D eigenvalue weighted by Crippen LogP contribution is 2.03. The molecule has 2 aromatic heterocycles. The van der Waals surface area contributed by atoms with E-state index in [9.17, 15) is 14.4 Å². The molecule has 0 bridgehead atoms. The molecule has 0 radical (unpaired) electrons. The fourth-order valence-corrected chi connectivity index (χ4v) is 2.28. The van der Waals surface area contributed by atoms with Gasteiger partial charge in [0.2, 0.25) is 0 Å². The first-order valence-electron chi connectivity index (χ1n) is 8.63. The summed E-state index contributed by atoms with van der Waals surface area (Å²) in [6.45, 7) is 0.614. The number of aromatic nitrogens is 3. The highest BCUT2D eigenvalue weighted by atomic mass is 16.3. The Balaban J connectivity index is 1.41. The van der Waals surface area contributed by atoms with Gasteiger partial charge in [0.25, 0.3) is 5.91 Å². The van der Waals surface area contributed by atoms with Crippen LogP contribution in [0.3, 0.4) is 0 Å². The number of furan rings is 1. The molecule has 0 saturated heterocycles. The van der Waals surface area contributed by atoms with E-state index in [-0.39, 0.29) is 6.54 Å². The first-order valence-corrected chi connectivity index (χ1v) is 8.63. The van der Waals surface area contributed by atoms with Crippen molar-refractivity contribution < 1.29 is 18.8 Å². The van der Waals surface area contributed by atoms with Gasteiger partial charge in [-0.2, -0.15) is 0 Å². The highest BCUT2D eigenvalue weighted by Gasteiger charge is 2.13. The van der Waals surface area contributed by atoms with Gasteiger partial charge in [0.15, 0.2) is 0 Å². The van der Waals surface area contributed by atoms with Gasteiger partial charge in [-0.1, -0.05) is 35.5 Å². The summed E-state index contributed by atoms with van der Waals surface area (Å²) in [4.78, 5) is 35.0. The topological polar surface area (TPSA) is 131 Å². The Kier molecular flexibility index (Phi) is 6.50. The van der Waals surface area contributed by atoms with Crippen molar-refractivity contribution in [2.45, 2.75) is 13.1 Å². The first-order chi connectivity index (χ1) is 14.1. The van der Waals surface area contributed by atoms with Crippen molar-refractivity contribution in [3.63, 3.8) is 0 Å². The van der Waals surface area contributed by atoms with E-state index < -0.39 is 17.7 Å². The lowest BCUT2D eigenvalue weighted by Gasteiger charge is -2.05. The number of hydrogen-bond donors (Lipinski definition) is 3. The minimum absolute atomic E-state index is 0.0613. The van der Waals surface area contributed by atoms with E-state index in [2.05, 4.69) is 21.1 Å². The van der Waals surface area contributed by atoms with Crippen LogP contribution in [-0.2, 0) is 27.5 Å². The Labute approximate surface area is 165 Å². The molecule has 3 rings (SSSR count). The van der Waals surface area contributed by atoms with Gasteiger partial charge in [-0.3, -0.25) is 25.2 Å². The summed E-state index contributed by atoms with van der Waals surface area (Å²) in [5, 5.41) is 10.3. The van der Waals surface area contributed by atoms with Gasteiger partial charge in [-0.25, -0.2) is 4.68 Å². The standard InChI is InChI=1S/C19H18N6O4/c26-17(22-23-19(28)18(27)20-11-16-7-4-10-29-16)9-8-15-13-25(24-21-15)12-14-5-2-1-3-6-14/h1-10,13H,11-12H2,(H,20,27)(H,22,26)(H,23,28)/b9-8+. The Hall–Kier alpha value is -4.21. The maximum atomic E-state index is 11.8. The SMILES string of the molecule is O=C(/C=C/c1cn(Cc2ccccc2)nn1)NNC(=O)C(=O)NCc1ccco1. The zero-order valence-electron chi connectivity index (χ0n) is 15.2. The predicted octanol–water partition coefficient (Wildman–Crippen LogP) is 0.396. The molecule has 0 atom stereocenters. The zero-order valence-corrected chi connectivity index (χ0v) is 15.2. The van der Waals surface area contributed by atoms with Crippen LogP contribution >= 0.6 is 0 Å². The molecule has 10 heteroatoms. The number of nitrogens with zero attached hydrogens (tertiary/aromatic N) is 3. The van der Waals surface area contributed by atoms with Gasteiger partial charge < -0.3 is 9.73 Å². The smallest absolute Gasteiger partial charge is 0.327 e. The van der Waals surface area contributed by atoms with Crippen LogP contribution < -0.4 is 16.2 Å². The van der Waals surface area contributed by atoms with E-state index >= 15 is 0 Å². The van der Waals surface area contributed by atoms with Gasteiger partial charge >= 0.3 is 11.8 Å². The van der Waals surface area contributed by atoms with E-state index in [0.717, 1.165) is 11.6 Å². The third kappa shape index (κ3) is 6.17. The number of rotatable bonds is 6. The molecule has 148 valence electrons. The van der Waals surface area contributed by atoms with Crippen molar-refractivity contribution in [3.05, 3.63) is 78.0 Å². The Morgan fingerprint density at radius 2 is 1.86 bits per heavy atom. The van der Waals surface area contributed by atoms with Crippen LogP contribution in [0.5, 0.6) is 0 Å². The van der Waals surface area contributed by atoms with E-state index in [1.54, 1.807) is 23.0 Å². The second-order valence-corrected chi connectivity index (χ2v) is 5.87. The molecule has 0 unspecified atom stereocenters. The fraction of sp³-hybridized carbons (Fsp3) is 0.105. The first kappa shape index (κ1) is 19.5. The highest BCUT2D eigenvalue weighted by molar-refractivity contribution is 6.35. The molecule has 10 nitrogen and oxygen atoms in total. The quantitative estimate of drug-likeness (QED) is 0.315. The number of benzene rings is 1. The third-order valence-electron chi connectivity index (χ3n) is 3.66. The summed E-state index contributed by atoms with van der Waals surface area (Å²) in [7, 11) is 0. The summed E-state index contributed by atoms with van der Waals surface area (Å²) >= 11 is 0. The van der Waals surface area contributed by atoms with E-state index in [4.69, 9.17) is 4.42 Å². The lowest BCUT2D eigenvalue weighted by atomic mass is 10.2. The summed E-state index contributed by atoms with van der Waals surface area (Å²) < 4.78 is 6.67. The Morgan fingerprint density at radius 1 is 1.03 bits per heavy atom. The summed E-state index contributed by atoms with van der Waals surface area (Å²) in [5.74, 6) is -2.05. The minimum Gasteiger partial charge on any atom is -0.467 e. The average Bonchev–Trinajstić information content (AvgIpc) is 3.41. The van der Waals surface area contributed by atoms with E-state index in [1.807, 2.05) is 35.8 Å². The molecule has 0 fully saturated rings. The average molecular weight is 394 g/mol. The molecule has 0 spiro atoms. The molecular weight excluding hydrogens is 376 g/mol. The maximum Gasteiger partial charge on any atom is 0.327 e. The van der Waals surface area contributed by atoms with E-state index in [0.29, 0.717) is 18.0 Å². The van der Waals surface area contributed by atoms with Gasteiger partial charge in [0.1, 0.15) is 11.5 Å². The maximum absolute atomic E-state index is 11.8. The lowest BCUT2D eigenvalue weighted by molar-refractivity contribution is -0.140. The number of hydrogen-bond acceptors (Lipinski definition) is 6. The molecule has 0 aliphatic rings. The molecule has 1 aromatic carbocycles. The largest absolute Gasteiger partial charge is 0.467 e. The van der Waals surface area contributed by atoms with Gasteiger partial charge in [-0.05, 0) is 23.8 Å². The number of carbonyl (C=O) groups is 3. The van der Waals surface area contributed by atoms with Crippen molar-refractivity contribution >= 4 is 23.8 Å². The molecule has 0 saturated carbocycles. The van der Waals surface area contributed by atoms with Crippen LogP contribution in [0.1, 0.15) is 17.0 Å². The van der Waals surface area contributed by atoms with Gasteiger partial charge in [0.05, 0.1) is 25.5 Å². The number of hydrazine groups is 1. The molecule has 29 heavy (non-hydrogen) atoms. The molecule has 2 heterocycles. The fourth-order valence-electron chi connectivity index (χ4n) is 2.28. The normalized spacial score (nSPS) is 10.6. The van der Waals surface area contributed by atoms with Crippen molar-refractivity contribution in [2.24, 2.45) is 0 Å². The molecule has 3 aromatic rings. The van der Waals surface area contributed by atoms with Crippen LogP contribution in [0.25, 0.3) is 6.08 Å². The second kappa shape index (κ2) is 9.65. The van der Waals surface area contributed by atoms with Crippen LogP contribution in [0.15, 0.2) is 65.4 Å². The summed E-state index contributed by atoms with van der Waals surface area (Å²) in [5.41, 5.74) is 5.66. The second-order valence-electron chi connectivity index (χ2n) is 5.87. The summed E-state index contributed by atoms with van der Waals surface area (Å²) in [6.07, 6.45) is 5.73. The molecule has 0 aliphatic heterocycles. The number of nitrogens with one attached hydrogen (secondary N) is 3. The predicted molar refractivity (Wildman–Crippen MR) is 101 cm³/mol. The van der Waals surface area contributed by atoms with Crippen LogP contribution in [0.2, 0.25) is 0 Å². The molecule has 3 amide bonds. The van der Waals surface area contributed by atoms with Crippen molar-refractivity contribution in [3.8, 4) is 0 Å². The van der Waals surface area contributed by atoms with Crippen LogP contribution in [0.4, 0.5) is 0 Å². The van der Waals surface area contributed by atoms with Crippen molar-refractivity contribution in [1.82, 2.24) is 31.2 Å². The zero-order chi connectivity index (χ0) is 20.5. The third-order valence-corrected chi connectivity index (χ3v) is 3.66. The Bertz CT molecular complexity index is 995. The number of amides is 3. The van der Waals surface area contributed by atoms with Crippen LogP contribution in [0, 0.1) is 0 Å². The van der Waals surface area contributed by atoms with Gasteiger partial charge in [0, 0.05) is 6.08 Å². The molecular formula is C19H18N6O4. The van der Waals surface area contributed by atoms with Crippen LogP contribution in [-0.4, -0.2) is 32.7 Å².